The summed E-state index contributed by atoms with van der Waals surface area (Å²) in [6.45, 7) is 2.49. The zero-order valence-electron chi connectivity index (χ0n) is 14.0. The number of benzene rings is 1. The summed E-state index contributed by atoms with van der Waals surface area (Å²) < 4.78 is 0. The van der Waals surface area contributed by atoms with Gasteiger partial charge in [0.15, 0.2) is 0 Å². The van der Waals surface area contributed by atoms with E-state index in [1.807, 2.05) is 4.90 Å². The van der Waals surface area contributed by atoms with Crippen molar-refractivity contribution in [1.82, 2.24) is 14.7 Å². The van der Waals surface area contributed by atoms with Gasteiger partial charge in [0.1, 0.15) is 0 Å². The number of carbonyl (C=O) groups is 2. The van der Waals surface area contributed by atoms with Crippen LogP contribution in [0.3, 0.4) is 0 Å². The molecular formula is C18H25N3O2. The fourth-order valence-corrected chi connectivity index (χ4v) is 3.45. The second kappa shape index (κ2) is 6.60. The van der Waals surface area contributed by atoms with Gasteiger partial charge in [0.05, 0.1) is 6.42 Å². The maximum absolute atomic E-state index is 12.5. The Morgan fingerprint density at radius 3 is 2.35 bits per heavy atom. The Labute approximate surface area is 137 Å². The Morgan fingerprint density at radius 2 is 1.65 bits per heavy atom. The largest absolute Gasteiger partial charge is 0.339 e. The van der Waals surface area contributed by atoms with E-state index < -0.39 is 0 Å². The fourth-order valence-electron chi connectivity index (χ4n) is 3.45. The van der Waals surface area contributed by atoms with Crippen LogP contribution in [0.15, 0.2) is 18.2 Å². The molecule has 3 amide bonds. The van der Waals surface area contributed by atoms with Gasteiger partial charge in [0.2, 0.25) is 5.91 Å². The third-order valence-electron chi connectivity index (χ3n) is 4.80. The highest BCUT2D eigenvalue weighted by Crippen LogP contribution is 2.23. The number of rotatable bonds is 2. The molecular weight excluding hydrogens is 290 g/mol. The van der Waals surface area contributed by atoms with Crippen LogP contribution < -0.4 is 0 Å². The SMILES string of the molecule is CN(C)C(=O)N1CCN(C(=O)Cc2ccc3c(c2)CCC3)CC1. The number of amides is 3. The average Bonchev–Trinajstić information content (AvgIpc) is 3.01. The predicted octanol–water partition coefficient (Wildman–Crippen LogP) is 1.54. The lowest BCUT2D eigenvalue weighted by Gasteiger charge is -2.36. The summed E-state index contributed by atoms with van der Waals surface area (Å²) in [4.78, 5) is 29.7. The van der Waals surface area contributed by atoms with Crippen LogP contribution in [-0.2, 0) is 24.1 Å². The molecule has 1 heterocycles. The van der Waals surface area contributed by atoms with Gasteiger partial charge in [-0.3, -0.25) is 4.79 Å². The van der Waals surface area contributed by atoms with Gasteiger partial charge in [-0.25, -0.2) is 4.79 Å². The van der Waals surface area contributed by atoms with Crippen LogP contribution in [0.25, 0.3) is 0 Å². The van der Waals surface area contributed by atoms with Gasteiger partial charge in [-0.05, 0) is 36.0 Å². The van der Waals surface area contributed by atoms with Gasteiger partial charge in [-0.2, -0.15) is 0 Å². The Hall–Kier alpha value is -2.04. The monoisotopic (exact) mass is 315 g/mol. The van der Waals surface area contributed by atoms with Crippen LogP contribution >= 0.6 is 0 Å². The van der Waals surface area contributed by atoms with E-state index >= 15 is 0 Å². The molecule has 3 rings (SSSR count). The smallest absolute Gasteiger partial charge is 0.319 e. The van der Waals surface area contributed by atoms with E-state index in [1.54, 1.807) is 23.9 Å². The molecule has 1 aromatic rings. The molecule has 0 radical (unpaired) electrons. The molecule has 0 atom stereocenters. The van der Waals surface area contributed by atoms with Crippen molar-refractivity contribution in [2.24, 2.45) is 0 Å². The molecule has 0 unspecified atom stereocenters. The maximum Gasteiger partial charge on any atom is 0.319 e. The minimum Gasteiger partial charge on any atom is -0.339 e. The zero-order valence-corrected chi connectivity index (χ0v) is 14.0. The Balaban J connectivity index is 1.55. The first-order chi connectivity index (χ1) is 11.0. The fraction of sp³-hybridized carbons (Fsp3) is 0.556. The van der Waals surface area contributed by atoms with E-state index in [0.29, 0.717) is 32.6 Å². The van der Waals surface area contributed by atoms with Crippen molar-refractivity contribution < 1.29 is 9.59 Å². The summed E-state index contributed by atoms with van der Waals surface area (Å²) in [5.41, 5.74) is 3.97. The number of fused-ring (bicyclic) bond motifs is 1. The molecule has 1 aliphatic carbocycles. The minimum absolute atomic E-state index is 0.0238. The Morgan fingerprint density at radius 1 is 1.00 bits per heavy atom. The predicted molar refractivity (Wildman–Crippen MR) is 89.4 cm³/mol. The van der Waals surface area contributed by atoms with Crippen LogP contribution in [0.1, 0.15) is 23.1 Å². The second-order valence-electron chi connectivity index (χ2n) is 6.68. The first kappa shape index (κ1) is 15.8. The first-order valence-corrected chi connectivity index (χ1v) is 8.39. The normalized spacial score (nSPS) is 17.1. The highest BCUT2D eigenvalue weighted by molar-refractivity contribution is 5.79. The van der Waals surface area contributed by atoms with E-state index in [2.05, 4.69) is 18.2 Å². The number of hydrogen-bond donors (Lipinski definition) is 0. The molecule has 2 aliphatic rings. The van der Waals surface area contributed by atoms with Gasteiger partial charge in [-0.15, -0.1) is 0 Å². The van der Waals surface area contributed by atoms with Gasteiger partial charge in [0, 0.05) is 40.3 Å². The number of hydrogen-bond acceptors (Lipinski definition) is 2. The molecule has 0 aromatic heterocycles. The van der Waals surface area contributed by atoms with Crippen LogP contribution in [0.2, 0.25) is 0 Å². The molecule has 1 fully saturated rings. The van der Waals surface area contributed by atoms with Crippen molar-refractivity contribution in [2.45, 2.75) is 25.7 Å². The maximum atomic E-state index is 12.5. The second-order valence-corrected chi connectivity index (χ2v) is 6.68. The van der Waals surface area contributed by atoms with Gasteiger partial charge in [-0.1, -0.05) is 18.2 Å². The van der Waals surface area contributed by atoms with Gasteiger partial charge in [0.25, 0.3) is 0 Å². The van der Waals surface area contributed by atoms with Crippen LogP contribution in [0.5, 0.6) is 0 Å². The summed E-state index contributed by atoms with van der Waals surface area (Å²) in [6, 6.07) is 6.49. The molecule has 5 heteroatoms. The summed E-state index contributed by atoms with van der Waals surface area (Å²) in [6.07, 6.45) is 4.01. The van der Waals surface area contributed by atoms with Gasteiger partial charge < -0.3 is 14.7 Å². The van der Waals surface area contributed by atoms with Crippen molar-refractivity contribution >= 4 is 11.9 Å². The van der Waals surface area contributed by atoms with Crippen molar-refractivity contribution in [3.8, 4) is 0 Å². The molecule has 1 aliphatic heterocycles. The van der Waals surface area contributed by atoms with E-state index in [1.165, 1.54) is 24.0 Å². The lowest BCUT2D eigenvalue weighted by atomic mass is 10.0. The number of urea groups is 1. The third kappa shape index (κ3) is 3.49. The number of piperazine rings is 1. The van der Waals surface area contributed by atoms with E-state index in [4.69, 9.17) is 0 Å². The summed E-state index contributed by atoms with van der Waals surface area (Å²) in [5, 5.41) is 0. The summed E-state index contributed by atoms with van der Waals surface area (Å²) in [5.74, 6) is 0.167. The van der Waals surface area contributed by atoms with Gasteiger partial charge >= 0.3 is 6.03 Å². The molecule has 0 bridgehead atoms. The first-order valence-electron chi connectivity index (χ1n) is 8.39. The van der Waals surface area contributed by atoms with E-state index in [9.17, 15) is 9.59 Å². The lowest BCUT2D eigenvalue weighted by Crippen LogP contribution is -2.53. The third-order valence-corrected chi connectivity index (χ3v) is 4.80. The number of aryl methyl sites for hydroxylation is 2. The Kier molecular flexibility index (Phi) is 4.55. The summed E-state index contributed by atoms with van der Waals surface area (Å²) >= 11 is 0. The van der Waals surface area contributed by atoms with Crippen LogP contribution in [-0.4, -0.2) is 66.9 Å². The minimum atomic E-state index is 0.0238. The highest BCUT2D eigenvalue weighted by atomic mass is 16.2. The molecule has 1 saturated heterocycles. The average molecular weight is 315 g/mol. The highest BCUT2D eigenvalue weighted by Gasteiger charge is 2.25. The molecule has 1 aromatic carbocycles. The molecule has 0 saturated carbocycles. The summed E-state index contributed by atoms with van der Waals surface area (Å²) in [7, 11) is 3.52. The molecule has 5 nitrogen and oxygen atoms in total. The molecule has 0 N–H and O–H groups in total. The van der Waals surface area contributed by atoms with Crippen LogP contribution in [0, 0.1) is 0 Å². The quantitative estimate of drug-likeness (QED) is 0.831. The molecule has 23 heavy (non-hydrogen) atoms. The number of nitrogens with zero attached hydrogens (tertiary/aromatic N) is 3. The van der Waals surface area contributed by atoms with E-state index in [0.717, 1.165) is 12.0 Å². The topological polar surface area (TPSA) is 43.9 Å². The standard InChI is InChI=1S/C18H25N3O2/c1-19(2)18(23)21-10-8-20(9-11-21)17(22)13-14-6-7-15-4-3-5-16(15)12-14/h6-7,12H,3-5,8-11,13H2,1-2H3. The van der Waals surface area contributed by atoms with Crippen molar-refractivity contribution in [1.29, 1.82) is 0 Å². The van der Waals surface area contributed by atoms with Crippen molar-refractivity contribution in [3.63, 3.8) is 0 Å². The lowest BCUT2D eigenvalue weighted by molar-refractivity contribution is -0.131. The van der Waals surface area contributed by atoms with E-state index in [-0.39, 0.29) is 11.9 Å². The van der Waals surface area contributed by atoms with Crippen molar-refractivity contribution in [2.75, 3.05) is 40.3 Å². The zero-order chi connectivity index (χ0) is 16.4. The van der Waals surface area contributed by atoms with Crippen molar-refractivity contribution in [3.05, 3.63) is 34.9 Å². The number of carbonyl (C=O) groups excluding carboxylic acids is 2. The molecule has 0 spiro atoms. The Bertz CT molecular complexity index is 604. The molecule has 124 valence electrons. The van der Waals surface area contributed by atoms with Crippen LogP contribution in [0.4, 0.5) is 4.79 Å².